The second-order valence-corrected chi connectivity index (χ2v) is 9.02. The van der Waals surface area contributed by atoms with Gasteiger partial charge in [-0.1, -0.05) is 24.3 Å². The summed E-state index contributed by atoms with van der Waals surface area (Å²) in [5.74, 6) is 3.29. The summed E-state index contributed by atoms with van der Waals surface area (Å²) in [7, 11) is 0. The van der Waals surface area contributed by atoms with Gasteiger partial charge in [0.2, 0.25) is 0 Å². The molecule has 1 saturated heterocycles. The predicted molar refractivity (Wildman–Crippen MR) is 129 cm³/mol. The van der Waals surface area contributed by atoms with Gasteiger partial charge in [0.1, 0.15) is 29.6 Å². The van der Waals surface area contributed by atoms with Crippen molar-refractivity contribution in [1.82, 2.24) is 19.5 Å². The number of anilines is 1. The molecule has 3 heterocycles. The highest BCUT2D eigenvalue weighted by atomic mass is 32.2. The van der Waals surface area contributed by atoms with E-state index in [1.54, 1.807) is 18.5 Å². The molecular weight excluding hydrogens is 438 g/mol. The molecule has 8 nitrogen and oxygen atoms in total. The summed E-state index contributed by atoms with van der Waals surface area (Å²) in [6, 6.07) is 15.1. The van der Waals surface area contributed by atoms with Crippen LogP contribution in [-0.2, 0) is 4.74 Å². The zero-order valence-electron chi connectivity index (χ0n) is 18.0. The summed E-state index contributed by atoms with van der Waals surface area (Å²) in [6.07, 6.45) is 5.22. The number of hydrogen-bond acceptors (Lipinski definition) is 8. The van der Waals surface area contributed by atoms with Gasteiger partial charge in [-0.2, -0.15) is 11.8 Å². The second-order valence-electron chi connectivity index (χ2n) is 7.87. The fourth-order valence-electron chi connectivity index (χ4n) is 3.96. The average molecular weight is 464 g/mol. The van der Waals surface area contributed by atoms with Crippen molar-refractivity contribution in [2.75, 3.05) is 23.8 Å². The predicted octanol–water partition coefficient (Wildman–Crippen LogP) is 4.27. The van der Waals surface area contributed by atoms with Crippen molar-refractivity contribution in [1.29, 1.82) is 0 Å². The third-order valence-corrected chi connectivity index (χ3v) is 6.68. The molecule has 2 aromatic heterocycles. The van der Waals surface area contributed by atoms with Crippen LogP contribution in [0.15, 0.2) is 61.2 Å². The molecule has 1 aliphatic heterocycles. The average Bonchev–Trinajstić information content (AvgIpc) is 3.47. The Hall–Kier alpha value is -3.30. The number of fused-ring (bicyclic) bond motifs is 1. The van der Waals surface area contributed by atoms with Gasteiger partial charge in [0, 0.05) is 11.5 Å². The van der Waals surface area contributed by atoms with Crippen molar-refractivity contribution in [3.8, 4) is 22.6 Å². The van der Waals surface area contributed by atoms with Crippen LogP contribution in [0.25, 0.3) is 22.3 Å². The van der Waals surface area contributed by atoms with Crippen LogP contribution in [0.1, 0.15) is 19.1 Å². The fourth-order valence-corrected chi connectivity index (χ4v) is 4.83. The SMILES string of the molecule is Nc1ncnc2c1ncn2C1CCC(CSCCOc2ccc(-c3cccc(O)c3)cc2)O1. The van der Waals surface area contributed by atoms with Crippen molar-refractivity contribution in [2.45, 2.75) is 25.2 Å². The summed E-state index contributed by atoms with van der Waals surface area (Å²) in [5, 5.41) is 9.64. The molecule has 4 aromatic rings. The Labute approximate surface area is 195 Å². The molecule has 0 aliphatic carbocycles. The van der Waals surface area contributed by atoms with E-state index in [1.165, 1.54) is 6.33 Å². The zero-order valence-corrected chi connectivity index (χ0v) is 18.8. The molecule has 0 radical (unpaired) electrons. The van der Waals surface area contributed by atoms with E-state index in [0.717, 1.165) is 41.2 Å². The van der Waals surface area contributed by atoms with E-state index in [-0.39, 0.29) is 18.1 Å². The number of phenols is 1. The van der Waals surface area contributed by atoms with Gasteiger partial charge in [-0.05, 0) is 48.2 Å². The Bertz CT molecular complexity index is 1230. The molecule has 3 N–H and O–H groups in total. The van der Waals surface area contributed by atoms with E-state index in [9.17, 15) is 5.11 Å². The Kier molecular flexibility index (Phi) is 6.32. The maximum Gasteiger partial charge on any atom is 0.167 e. The van der Waals surface area contributed by atoms with Crippen LogP contribution in [0.5, 0.6) is 11.5 Å². The normalized spacial score (nSPS) is 18.1. The lowest BCUT2D eigenvalue weighted by Crippen LogP contribution is -2.14. The number of nitrogens with zero attached hydrogens (tertiary/aromatic N) is 4. The minimum atomic E-state index is -0.0730. The van der Waals surface area contributed by atoms with Crippen molar-refractivity contribution in [3.05, 3.63) is 61.2 Å². The molecular formula is C24H25N5O3S. The Morgan fingerprint density at radius 2 is 1.97 bits per heavy atom. The number of aromatic hydroxyl groups is 1. The number of ether oxygens (including phenoxy) is 2. The van der Waals surface area contributed by atoms with Gasteiger partial charge < -0.3 is 20.3 Å². The Balaban J connectivity index is 1.05. The lowest BCUT2D eigenvalue weighted by atomic mass is 10.1. The van der Waals surface area contributed by atoms with E-state index < -0.39 is 0 Å². The van der Waals surface area contributed by atoms with Crippen LogP contribution in [-0.4, -0.2) is 48.8 Å². The summed E-state index contributed by atoms with van der Waals surface area (Å²) in [5.41, 5.74) is 9.23. The summed E-state index contributed by atoms with van der Waals surface area (Å²) >= 11 is 1.83. The molecule has 0 amide bonds. The molecule has 5 rings (SSSR count). The minimum absolute atomic E-state index is 0.0730. The maximum atomic E-state index is 9.64. The van der Waals surface area contributed by atoms with Crippen LogP contribution < -0.4 is 10.5 Å². The molecule has 0 bridgehead atoms. The van der Waals surface area contributed by atoms with E-state index in [0.29, 0.717) is 23.6 Å². The Morgan fingerprint density at radius 1 is 1.09 bits per heavy atom. The van der Waals surface area contributed by atoms with Crippen LogP contribution in [0.2, 0.25) is 0 Å². The first-order valence-electron chi connectivity index (χ1n) is 10.9. The molecule has 1 aliphatic rings. The van der Waals surface area contributed by atoms with Gasteiger partial charge in [-0.25, -0.2) is 15.0 Å². The molecule has 0 spiro atoms. The number of benzene rings is 2. The largest absolute Gasteiger partial charge is 0.508 e. The lowest BCUT2D eigenvalue weighted by Gasteiger charge is -2.15. The van der Waals surface area contributed by atoms with Gasteiger partial charge in [0.15, 0.2) is 11.5 Å². The van der Waals surface area contributed by atoms with Crippen molar-refractivity contribution in [3.63, 3.8) is 0 Å². The van der Waals surface area contributed by atoms with Crippen LogP contribution >= 0.6 is 11.8 Å². The highest BCUT2D eigenvalue weighted by Gasteiger charge is 2.28. The summed E-state index contributed by atoms with van der Waals surface area (Å²) in [6.45, 7) is 0.634. The van der Waals surface area contributed by atoms with Gasteiger partial charge >= 0.3 is 0 Å². The monoisotopic (exact) mass is 463 g/mol. The number of phenolic OH excluding ortho intramolecular Hbond substituents is 1. The van der Waals surface area contributed by atoms with Gasteiger partial charge in [-0.15, -0.1) is 0 Å². The lowest BCUT2D eigenvalue weighted by molar-refractivity contribution is 0.0153. The van der Waals surface area contributed by atoms with E-state index in [2.05, 4.69) is 15.0 Å². The first kappa shape index (κ1) is 21.5. The number of thioether (sulfide) groups is 1. The number of nitrogen functional groups attached to an aromatic ring is 1. The molecule has 170 valence electrons. The molecule has 2 unspecified atom stereocenters. The quantitative estimate of drug-likeness (QED) is 0.373. The van der Waals surface area contributed by atoms with E-state index in [1.807, 2.05) is 52.7 Å². The molecule has 9 heteroatoms. The van der Waals surface area contributed by atoms with Gasteiger partial charge in [0.05, 0.1) is 19.0 Å². The first-order valence-corrected chi connectivity index (χ1v) is 12.0. The minimum Gasteiger partial charge on any atom is -0.508 e. The molecule has 2 aromatic carbocycles. The molecule has 33 heavy (non-hydrogen) atoms. The summed E-state index contributed by atoms with van der Waals surface area (Å²) < 4.78 is 14.0. The number of aromatic nitrogens is 4. The maximum absolute atomic E-state index is 9.64. The van der Waals surface area contributed by atoms with Crippen LogP contribution in [0, 0.1) is 0 Å². The summed E-state index contributed by atoms with van der Waals surface area (Å²) in [4.78, 5) is 12.6. The number of imidazole rings is 1. The smallest absolute Gasteiger partial charge is 0.167 e. The Morgan fingerprint density at radius 3 is 2.82 bits per heavy atom. The third kappa shape index (κ3) is 4.89. The topological polar surface area (TPSA) is 108 Å². The number of nitrogens with two attached hydrogens (primary N) is 1. The molecule has 1 fully saturated rings. The van der Waals surface area contributed by atoms with Gasteiger partial charge in [0.25, 0.3) is 0 Å². The van der Waals surface area contributed by atoms with Crippen LogP contribution in [0.3, 0.4) is 0 Å². The standard InChI is InChI=1S/C24H25N5O3S/c25-23-22-24(27-14-26-23)29(15-28-22)21-9-8-20(32-21)13-33-11-10-31-19-6-4-16(5-7-19)17-2-1-3-18(30)12-17/h1-7,12,14-15,20-21,30H,8-11,13H2,(H2,25,26,27). The van der Waals surface area contributed by atoms with Crippen molar-refractivity contribution >= 4 is 28.7 Å². The van der Waals surface area contributed by atoms with Crippen LogP contribution in [0.4, 0.5) is 5.82 Å². The van der Waals surface area contributed by atoms with Crippen molar-refractivity contribution in [2.24, 2.45) is 0 Å². The highest BCUT2D eigenvalue weighted by Crippen LogP contribution is 2.32. The van der Waals surface area contributed by atoms with Crippen molar-refractivity contribution < 1.29 is 14.6 Å². The van der Waals surface area contributed by atoms with E-state index >= 15 is 0 Å². The van der Waals surface area contributed by atoms with E-state index in [4.69, 9.17) is 15.2 Å². The number of rotatable bonds is 8. The zero-order chi connectivity index (χ0) is 22.6. The molecule has 0 saturated carbocycles. The fraction of sp³-hybridized carbons (Fsp3) is 0.292. The first-order chi connectivity index (χ1) is 16.2. The molecule has 2 atom stereocenters. The second kappa shape index (κ2) is 9.68. The number of hydrogen-bond donors (Lipinski definition) is 2. The highest BCUT2D eigenvalue weighted by molar-refractivity contribution is 7.99. The third-order valence-electron chi connectivity index (χ3n) is 5.62. The van der Waals surface area contributed by atoms with Gasteiger partial charge in [-0.3, -0.25) is 4.57 Å².